The number of nitrogens with zero attached hydrogens (tertiary/aromatic N) is 1. The molecule has 0 amide bonds. The van der Waals surface area contributed by atoms with E-state index in [2.05, 4.69) is 25.7 Å². The van der Waals surface area contributed by atoms with Gasteiger partial charge in [0.25, 0.3) is 0 Å². The zero-order chi connectivity index (χ0) is 10.2. The smallest absolute Gasteiger partial charge is 0.172 e. The number of carbonyl (C=O) groups excluding carboxylic acids is 1. The summed E-state index contributed by atoms with van der Waals surface area (Å²) in [7, 11) is 2.00. The molecule has 0 spiro atoms. The second-order valence-electron chi connectivity index (χ2n) is 4.91. The standard InChI is InChI=1S/C11H19NO.ClH/c1-8-10(13)6-9(7-12(8)5)11(2,3)4;/h6,8H,7H2,1-5H3;1H. The molecule has 82 valence electrons. The Kier molecular flexibility index (Phi) is 4.34. The molecule has 3 heteroatoms. The minimum Gasteiger partial charge on any atom is -0.293 e. The van der Waals surface area contributed by atoms with Gasteiger partial charge in [0.15, 0.2) is 5.78 Å². The molecule has 1 atom stereocenters. The molecule has 14 heavy (non-hydrogen) atoms. The van der Waals surface area contributed by atoms with E-state index in [0.29, 0.717) is 0 Å². The zero-order valence-corrected chi connectivity index (χ0v) is 10.4. The second kappa shape index (κ2) is 4.45. The largest absolute Gasteiger partial charge is 0.293 e. The highest BCUT2D eigenvalue weighted by molar-refractivity contribution is 5.95. The van der Waals surface area contributed by atoms with Gasteiger partial charge in [0.05, 0.1) is 6.04 Å². The summed E-state index contributed by atoms with van der Waals surface area (Å²) in [5, 5.41) is 0. The minimum absolute atomic E-state index is 0. The molecule has 0 aliphatic carbocycles. The molecule has 1 heterocycles. The summed E-state index contributed by atoms with van der Waals surface area (Å²) in [5.41, 5.74) is 1.35. The average molecular weight is 218 g/mol. The first-order valence-corrected chi connectivity index (χ1v) is 4.77. The van der Waals surface area contributed by atoms with Crippen molar-refractivity contribution in [3.63, 3.8) is 0 Å². The third kappa shape index (κ3) is 2.82. The molecule has 0 N–H and O–H groups in total. The lowest BCUT2D eigenvalue weighted by atomic mass is 9.83. The van der Waals surface area contributed by atoms with Crippen molar-refractivity contribution in [1.29, 1.82) is 0 Å². The highest BCUT2D eigenvalue weighted by Gasteiger charge is 2.28. The summed E-state index contributed by atoms with van der Waals surface area (Å²) >= 11 is 0. The van der Waals surface area contributed by atoms with Gasteiger partial charge in [-0.25, -0.2) is 0 Å². The summed E-state index contributed by atoms with van der Waals surface area (Å²) in [6.07, 6.45) is 1.82. The molecule has 0 aromatic carbocycles. The van der Waals surface area contributed by atoms with Gasteiger partial charge in [-0.15, -0.1) is 12.4 Å². The van der Waals surface area contributed by atoms with E-state index < -0.39 is 0 Å². The number of halogens is 1. The number of carbonyl (C=O) groups is 1. The van der Waals surface area contributed by atoms with Gasteiger partial charge in [0.2, 0.25) is 0 Å². The summed E-state index contributed by atoms with van der Waals surface area (Å²) in [6, 6.07) is 0.0473. The fraction of sp³-hybridized carbons (Fsp3) is 0.727. The molecule has 0 aromatic rings. The van der Waals surface area contributed by atoms with Crippen LogP contribution < -0.4 is 0 Å². The minimum atomic E-state index is 0. The summed E-state index contributed by atoms with van der Waals surface area (Å²) in [5.74, 6) is 0.235. The molecule has 0 aromatic heterocycles. The van der Waals surface area contributed by atoms with Crippen LogP contribution in [0.15, 0.2) is 11.6 Å². The monoisotopic (exact) mass is 217 g/mol. The van der Waals surface area contributed by atoms with E-state index in [1.807, 2.05) is 20.0 Å². The molecule has 0 saturated heterocycles. The number of ketones is 1. The van der Waals surface area contributed by atoms with Gasteiger partial charge in [-0.05, 0) is 31.0 Å². The van der Waals surface area contributed by atoms with Crippen LogP contribution in [0.25, 0.3) is 0 Å². The molecule has 0 radical (unpaired) electrons. The van der Waals surface area contributed by atoms with Crippen LogP contribution in [0.3, 0.4) is 0 Å². The Morgan fingerprint density at radius 2 is 1.93 bits per heavy atom. The van der Waals surface area contributed by atoms with Crippen molar-refractivity contribution in [2.75, 3.05) is 13.6 Å². The van der Waals surface area contributed by atoms with Crippen molar-refractivity contribution in [3.05, 3.63) is 11.6 Å². The number of rotatable bonds is 0. The SMILES string of the molecule is CC1C(=O)C=C(C(C)(C)C)CN1C.Cl. The van der Waals surface area contributed by atoms with Crippen LogP contribution in [0.2, 0.25) is 0 Å². The summed E-state index contributed by atoms with van der Waals surface area (Å²) in [6.45, 7) is 9.32. The van der Waals surface area contributed by atoms with E-state index in [4.69, 9.17) is 0 Å². The number of hydrogen-bond donors (Lipinski definition) is 0. The summed E-state index contributed by atoms with van der Waals surface area (Å²) in [4.78, 5) is 13.6. The Morgan fingerprint density at radius 1 is 1.43 bits per heavy atom. The maximum absolute atomic E-state index is 11.5. The lowest BCUT2D eigenvalue weighted by molar-refractivity contribution is -0.119. The topological polar surface area (TPSA) is 20.3 Å². The third-order valence-corrected chi connectivity index (χ3v) is 2.77. The van der Waals surface area contributed by atoms with Gasteiger partial charge in [-0.1, -0.05) is 20.8 Å². The van der Waals surface area contributed by atoms with Gasteiger partial charge < -0.3 is 0 Å². The van der Waals surface area contributed by atoms with Crippen LogP contribution in [0.5, 0.6) is 0 Å². The molecule has 0 fully saturated rings. The van der Waals surface area contributed by atoms with Crippen LogP contribution in [0.4, 0.5) is 0 Å². The quantitative estimate of drug-likeness (QED) is 0.621. The molecule has 0 bridgehead atoms. The molecule has 2 nitrogen and oxygen atoms in total. The van der Waals surface area contributed by atoms with Crippen molar-refractivity contribution in [2.24, 2.45) is 5.41 Å². The van der Waals surface area contributed by atoms with Crippen LogP contribution in [0.1, 0.15) is 27.7 Å². The first-order valence-electron chi connectivity index (χ1n) is 4.77. The Labute approximate surface area is 92.8 Å². The third-order valence-electron chi connectivity index (χ3n) is 2.77. The second-order valence-corrected chi connectivity index (χ2v) is 4.91. The lowest BCUT2D eigenvalue weighted by Crippen LogP contribution is -2.42. The average Bonchev–Trinajstić information content (AvgIpc) is 1.97. The Bertz CT molecular complexity index is 253. The van der Waals surface area contributed by atoms with Crippen molar-refractivity contribution in [3.8, 4) is 0 Å². The van der Waals surface area contributed by atoms with E-state index >= 15 is 0 Å². The molecule has 1 aliphatic rings. The van der Waals surface area contributed by atoms with Crippen molar-refractivity contribution >= 4 is 18.2 Å². The highest BCUT2D eigenvalue weighted by Crippen LogP contribution is 2.28. The maximum Gasteiger partial charge on any atom is 0.172 e. The molecule has 0 saturated carbocycles. The van der Waals surface area contributed by atoms with Crippen molar-refractivity contribution in [1.82, 2.24) is 4.90 Å². The lowest BCUT2D eigenvalue weighted by Gasteiger charge is -2.34. The van der Waals surface area contributed by atoms with E-state index in [1.165, 1.54) is 5.57 Å². The summed E-state index contributed by atoms with van der Waals surface area (Å²) < 4.78 is 0. The fourth-order valence-corrected chi connectivity index (χ4v) is 1.41. The fourth-order valence-electron chi connectivity index (χ4n) is 1.41. The van der Waals surface area contributed by atoms with E-state index in [0.717, 1.165) is 6.54 Å². The van der Waals surface area contributed by atoms with Gasteiger partial charge in [-0.2, -0.15) is 0 Å². The number of hydrogen-bond acceptors (Lipinski definition) is 2. The van der Waals surface area contributed by atoms with Crippen molar-refractivity contribution in [2.45, 2.75) is 33.7 Å². The molecular formula is C11H20ClNO. The zero-order valence-electron chi connectivity index (χ0n) is 9.63. The normalized spacial score (nSPS) is 24.2. The van der Waals surface area contributed by atoms with E-state index in [1.54, 1.807) is 0 Å². The van der Waals surface area contributed by atoms with Crippen LogP contribution in [-0.2, 0) is 4.79 Å². The van der Waals surface area contributed by atoms with Crippen LogP contribution >= 0.6 is 12.4 Å². The Balaban J connectivity index is 0.00000169. The Hall–Kier alpha value is -0.340. The van der Waals surface area contributed by atoms with Gasteiger partial charge in [0, 0.05) is 6.54 Å². The predicted molar refractivity (Wildman–Crippen MR) is 61.9 cm³/mol. The molecule has 1 unspecified atom stereocenters. The molecular weight excluding hydrogens is 198 g/mol. The van der Waals surface area contributed by atoms with E-state index in [9.17, 15) is 4.79 Å². The first kappa shape index (κ1) is 13.7. The van der Waals surface area contributed by atoms with Crippen LogP contribution in [-0.4, -0.2) is 30.3 Å². The van der Waals surface area contributed by atoms with Gasteiger partial charge in [0.1, 0.15) is 0 Å². The van der Waals surface area contributed by atoms with Gasteiger partial charge >= 0.3 is 0 Å². The number of likely N-dealkylation sites (N-methyl/N-ethyl adjacent to an activating group) is 1. The predicted octanol–water partition coefficient (Wildman–Crippen LogP) is 2.28. The molecule has 1 aliphatic heterocycles. The first-order chi connectivity index (χ1) is 5.82. The van der Waals surface area contributed by atoms with Gasteiger partial charge in [-0.3, -0.25) is 9.69 Å². The Morgan fingerprint density at radius 3 is 2.29 bits per heavy atom. The maximum atomic E-state index is 11.5. The van der Waals surface area contributed by atoms with Crippen LogP contribution in [0, 0.1) is 5.41 Å². The molecule has 1 rings (SSSR count). The van der Waals surface area contributed by atoms with E-state index in [-0.39, 0.29) is 29.6 Å². The highest BCUT2D eigenvalue weighted by atomic mass is 35.5. The van der Waals surface area contributed by atoms with Crippen molar-refractivity contribution < 1.29 is 4.79 Å².